The highest BCUT2D eigenvalue weighted by Gasteiger charge is 2.34. The SMILES string of the molecule is CC(=O)N1CC[C@@H](C(=O)CC[C@H](c2c(F)ccc(Cl)c2F)C(C)(C)C)C1. The third kappa shape index (κ3) is 4.61. The van der Waals surface area contributed by atoms with Gasteiger partial charge in [-0.2, -0.15) is 0 Å². The van der Waals surface area contributed by atoms with Gasteiger partial charge in [0.1, 0.15) is 17.4 Å². The highest BCUT2D eigenvalue weighted by atomic mass is 35.5. The molecule has 1 amide bonds. The van der Waals surface area contributed by atoms with Crippen LogP contribution in [0.15, 0.2) is 12.1 Å². The smallest absolute Gasteiger partial charge is 0.219 e. The second kappa shape index (κ2) is 8.03. The van der Waals surface area contributed by atoms with E-state index in [0.29, 0.717) is 25.9 Å². The molecule has 0 aromatic heterocycles. The number of rotatable bonds is 5. The number of Topliss-reactive ketones (excluding diaryl/α,β-unsaturated/α-hetero) is 1. The molecule has 3 nitrogen and oxygen atoms in total. The minimum Gasteiger partial charge on any atom is -0.342 e. The Morgan fingerprint density at radius 2 is 1.96 bits per heavy atom. The maximum atomic E-state index is 14.5. The molecule has 0 saturated carbocycles. The number of halogens is 3. The monoisotopic (exact) mass is 385 g/mol. The van der Waals surface area contributed by atoms with Crippen molar-refractivity contribution in [2.45, 2.75) is 52.9 Å². The number of hydrogen-bond acceptors (Lipinski definition) is 2. The van der Waals surface area contributed by atoms with Crippen molar-refractivity contribution in [3.63, 3.8) is 0 Å². The maximum absolute atomic E-state index is 14.5. The molecule has 1 aliphatic rings. The second-order valence-electron chi connectivity index (χ2n) is 8.13. The van der Waals surface area contributed by atoms with Crippen molar-refractivity contribution < 1.29 is 18.4 Å². The lowest BCUT2D eigenvalue weighted by atomic mass is 9.73. The summed E-state index contributed by atoms with van der Waals surface area (Å²) in [5, 5.41) is -0.116. The number of nitrogens with zero attached hydrogens (tertiary/aromatic N) is 1. The molecule has 0 bridgehead atoms. The minimum atomic E-state index is -0.748. The zero-order chi connectivity index (χ0) is 19.6. The second-order valence-corrected chi connectivity index (χ2v) is 8.54. The van der Waals surface area contributed by atoms with E-state index in [0.717, 1.165) is 0 Å². The van der Waals surface area contributed by atoms with Gasteiger partial charge in [0, 0.05) is 37.9 Å². The molecule has 0 aliphatic carbocycles. The van der Waals surface area contributed by atoms with Gasteiger partial charge in [0.15, 0.2) is 0 Å². The molecule has 1 heterocycles. The van der Waals surface area contributed by atoms with Crippen molar-refractivity contribution in [1.82, 2.24) is 4.90 Å². The van der Waals surface area contributed by atoms with Gasteiger partial charge in [0.2, 0.25) is 5.91 Å². The van der Waals surface area contributed by atoms with E-state index >= 15 is 0 Å². The van der Waals surface area contributed by atoms with E-state index in [9.17, 15) is 18.4 Å². The van der Waals surface area contributed by atoms with Crippen molar-refractivity contribution in [3.05, 3.63) is 34.4 Å². The fourth-order valence-electron chi connectivity index (χ4n) is 3.67. The highest BCUT2D eigenvalue weighted by Crippen LogP contribution is 2.42. The van der Waals surface area contributed by atoms with Gasteiger partial charge in [-0.15, -0.1) is 0 Å². The van der Waals surface area contributed by atoms with E-state index in [1.54, 1.807) is 4.90 Å². The van der Waals surface area contributed by atoms with Gasteiger partial charge in [0.25, 0.3) is 0 Å². The number of benzene rings is 1. The van der Waals surface area contributed by atoms with Crippen molar-refractivity contribution >= 4 is 23.3 Å². The van der Waals surface area contributed by atoms with Gasteiger partial charge in [-0.3, -0.25) is 9.59 Å². The van der Waals surface area contributed by atoms with Crippen LogP contribution in [0.1, 0.15) is 58.4 Å². The predicted molar refractivity (Wildman–Crippen MR) is 98.2 cm³/mol. The normalized spacial score (nSPS) is 18.9. The van der Waals surface area contributed by atoms with E-state index in [4.69, 9.17) is 11.6 Å². The summed E-state index contributed by atoms with van der Waals surface area (Å²) < 4.78 is 28.9. The van der Waals surface area contributed by atoms with Crippen LogP contribution >= 0.6 is 11.6 Å². The third-order valence-corrected chi connectivity index (χ3v) is 5.53. The van der Waals surface area contributed by atoms with Crippen LogP contribution in [0.4, 0.5) is 8.78 Å². The van der Waals surface area contributed by atoms with Crippen LogP contribution < -0.4 is 0 Å². The van der Waals surface area contributed by atoms with Crippen LogP contribution in [0.25, 0.3) is 0 Å². The molecule has 0 unspecified atom stereocenters. The van der Waals surface area contributed by atoms with Crippen LogP contribution in [-0.4, -0.2) is 29.7 Å². The zero-order valence-corrected chi connectivity index (χ0v) is 16.5. The molecule has 1 saturated heterocycles. The molecular weight excluding hydrogens is 360 g/mol. The van der Waals surface area contributed by atoms with Gasteiger partial charge < -0.3 is 4.90 Å². The van der Waals surface area contributed by atoms with E-state index < -0.39 is 23.0 Å². The minimum absolute atomic E-state index is 0.0315. The molecule has 1 aromatic carbocycles. The lowest BCUT2D eigenvalue weighted by molar-refractivity contribution is -0.128. The summed E-state index contributed by atoms with van der Waals surface area (Å²) in [6, 6.07) is 2.37. The van der Waals surface area contributed by atoms with E-state index in [2.05, 4.69) is 0 Å². The van der Waals surface area contributed by atoms with Crippen LogP contribution in [-0.2, 0) is 9.59 Å². The lowest BCUT2D eigenvalue weighted by Gasteiger charge is -2.32. The summed E-state index contributed by atoms with van der Waals surface area (Å²) in [6.07, 6.45) is 1.22. The molecule has 6 heteroatoms. The molecule has 26 heavy (non-hydrogen) atoms. The first-order valence-corrected chi connectivity index (χ1v) is 9.31. The number of hydrogen-bond donors (Lipinski definition) is 0. The molecule has 2 rings (SSSR count). The lowest BCUT2D eigenvalue weighted by Crippen LogP contribution is -2.28. The molecule has 0 radical (unpaired) electrons. The Kier molecular flexibility index (Phi) is 6.43. The van der Waals surface area contributed by atoms with Crippen LogP contribution in [0.3, 0.4) is 0 Å². The van der Waals surface area contributed by atoms with Crippen LogP contribution in [0.5, 0.6) is 0 Å². The summed E-state index contributed by atoms with van der Waals surface area (Å²) in [7, 11) is 0. The van der Waals surface area contributed by atoms with Crippen LogP contribution in [0.2, 0.25) is 5.02 Å². The van der Waals surface area contributed by atoms with Crippen molar-refractivity contribution in [2.75, 3.05) is 13.1 Å². The average Bonchev–Trinajstić information content (AvgIpc) is 3.03. The van der Waals surface area contributed by atoms with Gasteiger partial charge in [-0.1, -0.05) is 32.4 Å². The third-order valence-electron chi connectivity index (χ3n) is 5.24. The summed E-state index contributed by atoms with van der Waals surface area (Å²) >= 11 is 5.85. The molecule has 0 N–H and O–H groups in total. The number of carbonyl (C=O) groups excluding carboxylic acids is 2. The summed E-state index contributed by atoms with van der Waals surface area (Å²) in [4.78, 5) is 25.7. The summed E-state index contributed by atoms with van der Waals surface area (Å²) in [6.45, 7) is 8.21. The van der Waals surface area contributed by atoms with Gasteiger partial charge >= 0.3 is 0 Å². The molecule has 2 atom stereocenters. The van der Waals surface area contributed by atoms with Gasteiger partial charge in [-0.05, 0) is 36.3 Å². The van der Waals surface area contributed by atoms with Crippen LogP contribution in [0, 0.1) is 23.0 Å². The van der Waals surface area contributed by atoms with Crippen molar-refractivity contribution in [1.29, 1.82) is 0 Å². The molecular formula is C20H26ClF2NO2. The van der Waals surface area contributed by atoms with Crippen molar-refractivity contribution in [3.8, 4) is 0 Å². The summed E-state index contributed by atoms with van der Waals surface area (Å²) in [5.41, 5.74) is -0.483. The first kappa shape index (κ1) is 20.8. The zero-order valence-electron chi connectivity index (χ0n) is 15.7. The number of ketones is 1. The Morgan fingerprint density at radius 1 is 1.31 bits per heavy atom. The first-order chi connectivity index (χ1) is 12.0. The Balaban J connectivity index is 2.15. The van der Waals surface area contributed by atoms with E-state index in [-0.39, 0.29) is 34.6 Å². The molecule has 1 aromatic rings. The predicted octanol–water partition coefficient (Wildman–Crippen LogP) is 4.97. The number of carbonyl (C=O) groups is 2. The van der Waals surface area contributed by atoms with Crippen molar-refractivity contribution in [2.24, 2.45) is 11.3 Å². The van der Waals surface area contributed by atoms with Gasteiger partial charge in [0.05, 0.1) is 5.02 Å². The largest absolute Gasteiger partial charge is 0.342 e. The molecule has 1 fully saturated rings. The van der Waals surface area contributed by atoms with Gasteiger partial charge in [-0.25, -0.2) is 8.78 Å². The fraction of sp³-hybridized carbons (Fsp3) is 0.600. The molecule has 144 valence electrons. The molecule has 1 aliphatic heterocycles. The molecule has 0 spiro atoms. The van der Waals surface area contributed by atoms with E-state index in [1.807, 2.05) is 20.8 Å². The maximum Gasteiger partial charge on any atom is 0.219 e. The topological polar surface area (TPSA) is 37.4 Å². The quantitative estimate of drug-likeness (QED) is 0.671. The Labute approximate surface area is 158 Å². The Hall–Kier alpha value is -1.49. The summed E-state index contributed by atoms with van der Waals surface area (Å²) in [5.74, 6) is -2.03. The average molecular weight is 386 g/mol. The Bertz CT molecular complexity index is 700. The number of amides is 1. The Morgan fingerprint density at radius 3 is 2.50 bits per heavy atom. The highest BCUT2D eigenvalue weighted by molar-refractivity contribution is 6.30. The standard InChI is InChI=1S/C20H26ClF2NO2/c1-12(25)24-10-9-13(11-24)17(26)8-5-14(20(2,3)4)18-16(22)7-6-15(21)19(18)23/h6-7,13-14H,5,8-11H2,1-4H3/t13-,14-/m1/s1. The first-order valence-electron chi connectivity index (χ1n) is 8.94. The number of likely N-dealkylation sites (tertiary alicyclic amines) is 1. The fourth-order valence-corrected chi connectivity index (χ4v) is 3.84. The van der Waals surface area contributed by atoms with E-state index in [1.165, 1.54) is 19.1 Å².